The Labute approximate surface area is 149 Å². The molecule has 2 saturated carbocycles. The third-order valence-electron chi connectivity index (χ3n) is 6.87. The van der Waals surface area contributed by atoms with Gasteiger partial charge in [0.05, 0.1) is 13.2 Å². The molecule has 3 atom stereocenters. The highest BCUT2D eigenvalue weighted by Gasteiger charge is 2.65. The Morgan fingerprint density at radius 1 is 1.36 bits per heavy atom. The number of benzene rings is 1. The quantitative estimate of drug-likeness (QED) is 0.831. The molecule has 4 heteroatoms. The smallest absolute Gasteiger partial charge is 0.161 e. The van der Waals surface area contributed by atoms with Crippen LogP contribution in [0.5, 0.6) is 11.5 Å². The molecule has 4 rings (SSSR count). The topological polar surface area (TPSA) is 49.8 Å². The third kappa shape index (κ3) is 2.22. The molecular formula is C21H27NO3. The monoisotopic (exact) mass is 341 g/mol. The lowest BCUT2D eigenvalue weighted by Crippen LogP contribution is -2.34. The van der Waals surface area contributed by atoms with E-state index in [9.17, 15) is 9.90 Å². The Hall–Kier alpha value is -1.97. The predicted molar refractivity (Wildman–Crippen MR) is 96.6 cm³/mol. The molecule has 0 amide bonds. The van der Waals surface area contributed by atoms with Gasteiger partial charge < -0.3 is 14.7 Å². The summed E-state index contributed by atoms with van der Waals surface area (Å²) < 4.78 is 5.29. The van der Waals surface area contributed by atoms with Gasteiger partial charge in [0, 0.05) is 24.2 Å². The lowest BCUT2D eigenvalue weighted by atomic mass is 9.90. The van der Waals surface area contributed by atoms with Gasteiger partial charge in [-0.3, -0.25) is 4.79 Å². The van der Waals surface area contributed by atoms with Crippen LogP contribution >= 0.6 is 0 Å². The van der Waals surface area contributed by atoms with Crippen molar-refractivity contribution in [3.05, 3.63) is 34.5 Å². The normalized spacial score (nSPS) is 31.5. The number of carbonyl (C=O) groups excluding carboxylic acids is 1. The molecule has 1 N–H and O–H groups in total. The second-order valence-corrected chi connectivity index (χ2v) is 8.37. The molecule has 1 aromatic rings. The SMILES string of the molecule is COc1cc2c(cc1O)CCN(C(C)=C1C(=O)CC3C1C3(C)C)[C@H]2C. The highest BCUT2D eigenvalue weighted by atomic mass is 16.5. The molecule has 1 heterocycles. The van der Waals surface area contributed by atoms with E-state index in [0.29, 0.717) is 29.8 Å². The van der Waals surface area contributed by atoms with Gasteiger partial charge in [-0.05, 0) is 60.8 Å². The van der Waals surface area contributed by atoms with Crippen molar-refractivity contribution >= 4 is 5.78 Å². The number of phenols is 1. The number of methoxy groups -OCH3 is 1. The highest BCUT2D eigenvalue weighted by molar-refractivity contribution is 6.01. The Balaban J connectivity index is 1.71. The summed E-state index contributed by atoms with van der Waals surface area (Å²) >= 11 is 0. The minimum absolute atomic E-state index is 0.166. The molecule has 0 spiro atoms. The number of aromatic hydroxyl groups is 1. The van der Waals surface area contributed by atoms with Crippen LogP contribution in [0.1, 0.15) is 51.3 Å². The lowest BCUT2D eigenvalue weighted by Gasteiger charge is -2.39. The van der Waals surface area contributed by atoms with Gasteiger partial charge in [0.2, 0.25) is 0 Å². The number of fused-ring (bicyclic) bond motifs is 2. The van der Waals surface area contributed by atoms with Crippen LogP contribution in [-0.2, 0) is 11.2 Å². The second-order valence-electron chi connectivity index (χ2n) is 8.37. The zero-order valence-corrected chi connectivity index (χ0v) is 15.7. The number of Topliss-reactive ketones (excluding diaryl/α,β-unsaturated/α-hetero) is 1. The average Bonchev–Trinajstić information content (AvgIpc) is 2.91. The first kappa shape index (κ1) is 16.5. The van der Waals surface area contributed by atoms with Crippen LogP contribution in [0.4, 0.5) is 0 Å². The van der Waals surface area contributed by atoms with Crippen molar-refractivity contribution in [2.75, 3.05) is 13.7 Å². The number of rotatable bonds is 2. The van der Waals surface area contributed by atoms with Crippen LogP contribution in [0.2, 0.25) is 0 Å². The first-order chi connectivity index (χ1) is 11.8. The zero-order chi connectivity index (χ0) is 18.1. The minimum Gasteiger partial charge on any atom is -0.504 e. The van der Waals surface area contributed by atoms with E-state index in [4.69, 9.17) is 4.74 Å². The van der Waals surface area contributed by atoms with Crippen molar-refractivity contribution in [1.82, 2.24) is 4.90 Å². The molecule has 2 fully saturated rings. The van der Waals surface area contributed by atoms with E-state index in [2.05, 4.69) is 32.6 Å². The van der Waals surface area contributed by atoms with Crippen LogP contribution in [0.3, 0.4) is 0 Å². The molecule has 2 unspecified atom stereocenters. The summed E-state index contributed by atoms with van der Waals surface area (Å²) in [6.07, 6.45) is 1.58. The molecular weight excluding hydrogens is 314 g/mol. The molecule has 0 saturated heterocycles. The fourth-order valence-electron chi connectivity index (χ4n) is 5.22. The lowest BCUT2D eigenvalue weighted by molar-refractivity contribution is -0.115. The Kier molecular flexibility index (Phi) is 3.47. The maximum absolute atomic E-state index is 12.5. The van der Waals surface area contributed by atoms with Gasteiger partial charge in [0.25, 0.3) is 0 Å². The van der Waals surface area contributed by atoms with Gasteiger partial charge in [0.15, 0.2) is 17.3 Å². The summed E-state index contributed by atoms with van der Waals surface area (Å²) in [5.41, 5.74) is 4.83. The first-order valence-electron chi connectivity index (χ1n) is 9.17. The van der Waals surface area contributed by atoms with Crippen molar-refractivity contribution in [2.24, 2.45) is 17.3 Å². The van der Waals surface area contributed by atoms with Crippen molar-refractivity contribution in [2.45, 2.75) is 46.6 Å². The molecule has 3 aliphatic rings. The van der Waals surface area contributed by atoms with Gasteiger partial charge in [-0.25, -0.2) is 0 Å². The third-order valence-corrected chi connectivity index (χ3v) is 6.87. The standard InChI is InChI=1S/C21H27NO3/c1-11-14-9-18(25-5)16(23)8-13(14)6-7-22(11)12(2)19-17(24)10-15-20(19)21(15,3)4/h8-9,11,15,20,23H,6-7,10H2,1-5H3/t11-,15?,20?/m0/s1. The maximum atomic E-state index is 12.5. The van der Waals surface area contributed by atoms with Gasteiger partial charge in [-0.1, -0.05) is 13.8 Å². The van der Waals surface area contributed by atoms with Crippen LogP contribution in [0.15, 0.2) is 23.4 Å². The zero-order valence-electron chi connectivity index (χ0n) is 15.7. The number of hydrogen-bond donors (Lipinski definition) is 1. The van der Waals surface area contributed by atoms with Crippen LogP contribution in [0.25, 0.3) is 0 Å². The van der Waals surface area contributed by atoms with E-state index >= 15 is 0 Å². The predicted octanol–water partition coefficient (Wildman–Crippen LogP) is 3.84. The number of allylic oxidation sites excluding steroid dienone is 2. The molecule has 2 aliphatic carbocycles. The molecule has 4 nitrogen and oxygen atoms in total. The Bertz CT molecular complexity index is 793. The highest BCUT2D eigenvalue weighted by Crippen LogP contribution is 2.68. The number of ketones is 1. The van der Waals surface area contributed by atoms with Crippen molar-refractivity contribution in [3.8, 4) is 11.5 Å². The maximum Gasteiger partial charge on any atom is 0.161 e. The number of carbonyl (C=O) groups is 1. The van der Waals surface area contributed by atoms with Gasteiger partial charge in [-0.15, -0.1) is 0 Å². The number of ether oxygens (including phenoxy) is 1. The van der Waals surface area contributed by atoms with Gasteiger partial charge >= 0.3 is 0 Å². The summed E-state index contributed by atoms with van der Waals surface area (Å²) in [4.78, 5) is 14.9. The van der Waals surface area contributed by atoms with Crippen LogP contribution < -0.4 is 4.74 Å². The van der Waals surface area contributed by atoms with E-state index in [1.807, 2.05) is 12.1 Å². The van der Waals surface area contributed by atoms with E-state index in [1.165, 1.54) is 11.1 Å². The first-order valence-corrected chi connectivity index (χ1v) is 9.17. The van der Waals surface area contributed by atoms with Gasteiger partial charge in [-0.2, -0.15) is 0 Å². The number of nitrogens with zero attached hydrogens (tertiary/aromatic N) is 1. The largest absolute Gasteiger partial charge is 0.504 e. The van der Waals surface area contributed by atoms with E-state index in [1.54, 1.807) is 7.11 Å². The van der Waals surface area contributed by atoms with Crippen LogP contribution in [0, 0.1) is 17.3 Å². The number of phenolic OH excluding ortho intramolecular Hbond substituents is 1. The summed E-state index contributed by atoms with van der Waals surface area (Å²) in [6, 6.07) is 3.94. The fraction of sp³-hybridized carbons (Fsp3) is 0.571. The molecule has 25 heavy (non-hydrogen) atoms. The summed E-state index contributed by atoms with van der Waals surface area (Å²) in [7, 11) is 1.58. The Morgan fingerprint density at radius 3 is 2.72 bits per heavy atom. The van der Waals surface area contributed by atoms with E-state index in [0.717, 1.165) is 24.2 Å². The summed E-state index contributed by atoms with van der Waals surface area (Å²) in [6.45, 7) is 9.73. The van der Waals surface area contributed by atoms with Crippen LogP contribution in [-0.4, -0.2) is 29.4 Å². The van der Waals surface area contributed by atoms with E-state index in [-0.39, 0.29) is 17.2 Å². The molecule has 134 valence electrons. The fourth-order valence-corrected chi connectivity index (χ4v) is 5.22. The van der Waals surface area contributed by atoms with Crippen molar-refractivity contribution in [3.63, 3.8) is 0 Å². The summed E-state index contributed by atoms with van der Waals surface area (Å²) in [5.74, 6) is 2.02. The molecule has 1 aromatic carbocycles. The number of hydrogen-bond acceptors (Lipinski definition) is 4. The average molecular weight is 341 g/mol. The molecule has 0 bridgehead atoms. The Morgan fingerprint density at radius 2 is 2.08 bits per heavy atom. The molecule has 1 aliphatic heterocycles. The van der Waals surface area contributed by atoms with E-state index < -0.39 is 0 Å². The molecule has 0 aromatic heterocycles. The van der Waals surface area contributed by atoms with Crippen molar-refractivity contribution in [1.29, 1.82) is 0 Å². The second kappa shape index (κ2) is 5.26. The minimum atomic E-state index is 0.166. The molecule has 0 radical (unpaired) electrons. The summed E-state index contributed by atoms with van der Waals surface area (Å²) in [5, 5.41) is 10.0. The van der Waals surface area contributed by atoms with Gasteiger partial charge in [0.1, 0.15) is 0 Å². The van der Waals surface area contributed by atoms with Crippen molar-refractivity contribution < 1.29 is 14.6 Å².